The molecule has 1 aliphatic rings. The molecule has 0 spiro atoms. The molecule has 0 fully saturated rings. The number of para-hydroxylation sites is 1. The van der Waals surface area contributed by atoms with Crippen molar-refractivity contribution in [3.63, 3.8) is 0 Å². The Kier molecular flexibility index (Phi) is 2.90. The molecule has 0 bridgehead atoms. The largest absolute Gasteiger partial charge is 0.333 e. The van der Waals surface area contributed by atoms with E-state index in [1.807, 2.05) is 31.2 Å². The number of nitrogens with zero attached hydrogens (tertiary/aromatic N) is 2. The molecule has 0 amide bonds. The molecule has 1 heterocycles. The fourth-order valence-electron chi connectivity index (χ4n) is 2.77. The lowest BCUT2D eigenvalue weighted by Crippen LogP contribution is -2.26. The summed E-state index contributed by atoms with van der Waals surface area (Å²) in [6.45, 7) is 1.93. The fraction of sp³-hybridized carbons (Fsp3) is 0.188. The van der Waals surface area contributed by atoms with Gasteiger partial charge in [0.25, 0.3) is 0 Å². The molecule has 0 saturated heterocycles. The van der Waals surface area contributed by atoms with Gasteiger partial charge in [-0.05, 0) is 37.1 Å². The second-order valence-corrected chi connectivity index (χ2v) is 4.95. The van der Waals surface area contributed by atoms with E-state index in [1.54, 1.807) is 11.0 Å². The summed E-state index contributed by atoms with van der Waals surface area (Å²) in [6, 6.07) is 11.5. The van der Waals surface area contributed by atoms with Crippen molar-refractivity contribution in [2.45, 2.75) is 19.4 Å². The van der Waals surface area contributed by atoms with Crippen LogP contribution in [-0.2, 0) is 6.42 Å². The number of rotatable bonds is 1. The van der Waals surface area contributed by atoms with Crippen LogP contribution in [-0.4, -0.2) is 6.04 Å². The van der Waals surface area contributed by atoms with Gasteiger partial charge in [-0.15, -0.1) is 0 Å². The molecule has 0 aromatic heterocycles. The third-order valence-electron chi connectivity index (χ3n) is 3.59. The standard InChI is InChI=1S/C16H12F2N2/c1-10-6-12-4-2-3-5-15(12)20(10)16-13(17)7-11(9-19)8-14(16)18/h2-5,7-8,10H,6H2,1H3. The normalized spacial score (nSPS) is 16.9. The average Bonchev–Trinajstić information content (AvgIpc) is 2.75. The van der Waals surface area contributed by atoms with Gasteiger partial charge >= 0.3 is 0 Å². The molecular weight excluding hydrogens is 258 g/mol. The van der Waals surface area contributed by atoms with Gasteiger partial charge in [0.05, 0.1) is 11.6 Å². The van der Waals surface area contributed by atoms with Gasteiger partial charge in [0, 0.05) is 11.7 Å². The monoisotopic (exact) mass is 270 g/mol. The van der Waals surface area contributed by atoms with Crippen molar-refractivity contribution in [2.24, 2.45) is 0 Å². The van der Waals surface area contributed by atoms with Crippen molar-refractivity contribution < 1.29 is 8.78 Å². The van der Waals surface area contributed by atoms with Crippen molar-refractivity contribution in [1.29, 1.82) is 5.26 Å². The van der Waals surface area contributed by atoms with E-state index in [-0.39, 0.29) is 17.3 Å². The summed E-state index contributed by atoms with van der Waals surface area (Å²) in [7, 11) is 0. The fourth-order valence-corrected chi connectivity index (χ4v) is 2.77. The van der Waals surface area contributed by atoms with E-state index in [4.69, 9.17) is 5.26 Å². The summed E-state index contributed by atoms with van der Waals surface area (Å²) in [4.78, 5) is 1.67. The molecule has 2 aromatic rings. The third-order valence-corrected chi connectivity index (χ3v) is 3.59. The zero-order valence-electron chi connectivity index (χ0n) is 10.9. The molecule has 2 nitrogen and oxygen atoms in total. The summed E-state index contributed by atoms with van der Waals surface area (Å²) in [6.07, 6.45) is 0.745. The zero-order chi connectivity index (χ0) is 14.3. The Balaban J connectivity index is 2.17. The molecule has 4 heteroatoms. The number of hydrogen-bond acceptors (Lipinski definition) is 2. The second kappa shape index (κ2) is 4.61. The second-order valence-electron chi connectivity index (χ2n) is 4.95. The Bertz CT molecular complexity index is 696. The first-order valence-corrected chi connectivity index (χ1v) is 6.38. The number of halogens is 2. The van der Waals surface area contributed by atoms with E-state index in [0.29, 0.717) is 0 Å². The minimum absolute atomic E-state index is 0.0103. The van der Waals surface area contributed by atoms with Crippen LogP contribution in [0.5, 0.6) is 0 Å². The van der Waals surface area contributed by atoms with Crippen molar-refractivity contribution in [3.8, 4) is 6.07 Å². The van der Waals surface area contributed by atoms with E-state index in [1.165, 1.54) is 0 Å². The minimum Gasteiger partial charge on any atom is -0.333 e. The molecule has 100 valence electrons. The lowest BCUT2D eigenvalue weighted by atomic mass is 10.1. The molecule has 1 aliphatic heterocycles. The molecule has 2 aromatic carbocycles. The highest BCUT2D eigenvalue weighted by molar-refractivity contribution is 5.72. The van der Waals surface area contributed by atoms with Crippen molar-refractivity contribution >= 4 is 11.4 Å². The highest BCUT2D eigenvalue weighted by Crippen LogP contribution is 2.40. The van der Waals surface area contributed by atoms with Crippen LogP contribution in [0.3, 0.4) is 0 Å². The van der Waals surface area contributed by atoms with Crippen LogP contribution in [0.15, 0.2) is 36.4 Å². The lowest BCUT2D eigenvalue weighted by Gasteiger charge is -2.26. The molecular formula is C16H12F2N2. The highest BCUT2D eigenvalue weighted by Gasteiger charge is 2.31. The molecule has 1 unspecified atom stereocenters. The predicted molar refractivity (Wildman–Crippen MR) is 72.8 cm³/mol. The molecule has 0 N–H and O–H groups in total. The molecule has 0 aliphatic carbocycles. The molecule has 20 heavy (non-hydrogen) atoms. The maximum Gasteiger partial charge on any atom is 0.151 e. The number of anilines is 2. The van der Waals surface area contributed by atoms with Crippen LogP contribution in [0.25, 0.3) is 0 Å². The summed E-state index contributed by atoms with van der Waals surface area (Å²) in [5.74, 6) is -1.41. The maximum absolute atomic E-state index is 14.2. The van der Waals surface area contributed by atoms with Crippen molar-refractivity contribution in [1.82, 2.24) is 0 Å². The summed E-state index contributed by atoms with van der Waals surface area (Å²) >= 11 is 0. The Morgan fingerprint density at radius 3 is 2.50 bits per heavy atom. The van der Waals surface area contributed by atoms with Crippen LogP contribution in [0.1, 0.15) is 18.1 Å². The van der Waals surface area contributed by atoms with E-state index < -0.39 is 11.6 Å². The first-order chi connectivity index (χ1) is 9.61. The molecule has 1 atom stereocenters. The van der Waals surface area contributed by atoms with Gasteiger partial charge in [-0.3, -0.25) is 0 Å². The smallest absolute Gasteiger partial charge is 0.151 e. The Labute approximate surface area is 115 Å². The number of fused-ring (bicyclic) bond motifs is 1. The van der Waals surface area contributed by atoms with Crippen molar-refractivity contribution in [3.05, 3.63) is 59.2 Å². The number of nitriles is 1. The third kappa shape index (κ3) is 1.83. The highest BCUT2D eigenvalue weighted by atomic mass is 19.1. The van der Waals surface area contributed by atoms with E-state index >= 15 is 0 Å². The average molecular weight is 270 g/mol. The predicted octanol–water partition coefficient (Wildman–Crippen LogP) is 3.92. The first kappa shape index (κ1) is 12.6. The summed E-state index contributed by atoms with van der Waals surface area (Å²) in [5.41, 5.74) is 1.80. The van der Waals surface area contributed by atoms with Crippen LogP contribution < -0.4 is 4.90 Å². The van der Waals surface area contributed by atoms with Crippen molar-refractivity contribution in [2.75, 3.05) is 4.90 Å². The lowest BCUT2D eigenvalue weighted by molar-refractivity contribution is 0.572. The first-order valence-electron chi connectivity index (χ1n) is 6.38. The Morgan fingerprint density at radius 1 is 1.20 bits per heavy atom. The molecule has 3 rings (SSSR count). The Morgan fingerprint density at radius 2 is 1.85 bits per heavy atom. The van der Waals surface area contributed by atoms with Gasteiger partial charge in [-0.25, -0.2) is 8.78 Å². The van der Waals surface area contributed by atoms with Crippen LogP contribution in [0.2, 0.25) is 0 Å². The van der Waals surface area contributed by atoms with Gasteiger partial charge in [-0.1, -0.05) is 18.2 Å². The van der Waals surface area contributed by atoms with E-state index in [2.05, 4.69) is 0 Å². The van der Waals surface area contributed by atoms with Crippen LogP contribution >= 0.6 is 0 Å². The van der Waals surface area contributed by atoms with E-state index in [9.17, 15) is 8.78 Å². The SMILES string of the molecule is CC1Cc2ccccc2N1c1c(F)cc(C#N)cc1F. The zero-order valence-corrected chi connectivity index (χ0v) is 10.9. The molecule has 0 radical (unpaired) electrons. The van der Waals surface area contributed by atoms with Gasteiger partial charge < -0.3 is 4.90 Å². The minimum atomic E-state index is -0.704. The van der Waals surface area contributed by atoms with E-state index in [0.717, 1.165) is 29.8 Å². The number of benzene rings is 2. The van der Waals surface area contributed by atoms with Gasteiger partial charge in [0.15, 0.2) is 11.6 Å². The van der Waals surface area contributed by atoms with Crippen LogP contribution in [0.4, 0.5) is 20.2 Å². The van der Waals surface area contributed by atoms with Gasteiger partial charge in [0.1, 0.15) is 5.69 Å². The summed E-state index contributed by atoms with van der Waals surface area (Å²) in [5, 5.41) is 8.76. The van der Waals surface area contributed by atoms with Gasteiger partial charge in [0.2, 0.25) is 0 Å². The quantitative estimate of drug-likeness (QED) is 0.785. The Hall–Kier alpha value is -2.41. The van der Waals surface area contributed by atoms with Gasteiger partial charge in [-0.2, -0.15) is 5.26 Å². The van der Waals surface area contributed by atoms with Crippen LogP contribution in [0, 0.1) is 23.0 Å². The molecule has 0 saturated carbocycles. The summed E-state index contributed by atoms with van der Waals surface area (Å²) < 4.78 is 28.4. The topological polar surface area (TPSA) is 27.0 Å². The maximum atomic E-state index is 14.2. The number of hydrogen-bond donors (Lipinski definition) is 0.